The van der Waals surface area contributed by atoms with Gasteiger partial charge in [0.05, 0.1) is 0 Å². The molecule has 0 bridgehead atoms. The zero-order valence-corrected chi connectivity index (χ0v) is 9.71. The Morgan fingerprint density at radius 1 is 1.64 bits per heavy atom. The number of halogens is 1. The van der Waals surface area contributed by atoms with Crippen LogP contribution in [0.1, 0.15) is 24.4 Å². The number of nitrogens with one attached hydrogen (secondary N) is 1. The fourth-order valence-corrected chi connectivity index (χ4v) is 1.71. The predicted molar refractivity (Wildman–Crippen MR) is 61.8 cm³/mol. The van der Waals surface area contributed by atoms with Gasteiger partial charge in [0.15, 0.2) is 0 Å². The maximum atomic E-state index is 5.24. The molecule has 0 amide bonds. The van der Waals surface area contributed by atoms with Crippen LogP contribution >= 0.6 is 15.9 Å². The van der Waals surface area contributed by atoms with E-state index in [1.54, 1.807) is 6.20 Å². The van der Waals surface area contributed by atoms with E-state index in [4.69, 9.17) is 6.42 Å². The van der Waals surface area contributed by atoms with E-state index in [1.807, 2.05) is 13.2 Å². The second-order valence-corrected chi connectivity index (χ2v) is 3.94. The Morgan fingerprint density at radius 2 is 2.43 bits per heavy atom. The van der Waals surface area contributed by atoms with Gasteiger partial charge in [-0.3, -0.25) is 4.98 Å². The van der Waals surface area contributed by atoms with Crippen molar-refractivity contribution in [1.82, 2.24) is 10.3 Å². The number of pyridine rings is 1. The lowest BCUT2D eigenvalue weighted by molar-refractivity contribution is 0.556. The average Bonchev–Trinajstić information content (AvgIpc) is 2.19. The molecular formula is C11H13BrN2. The third kappa shape index (κ3) is 3.13. The van der Waals surface area contributed by atoms with Crippen molar-refractivity contribution < 1.29 is 0 Å². The van der Waals surface area contributed by atoms with Crippen molar-refractivity contribution in [3.05, 3.63) is 28.5 Å². The SMILES string of the molecule is C#CCCC(NC)c1cncc(Br)c1. The monoisotopic (exact) mass is 252 g/mol. The standard InChI is InChI=1S/C11H13BrN2/c1-3-4-5-11(13-2)9-6-10(12)8-14-7-9/h1,6-8,11,13H,4-5H2,2H3. The highest BCUT2D eigenvalue weighted by Crippen LogP contribution is 2.20. The molecule has 0 aliphatic heterocycles. The molecule has 1 rings (SSSR count). The zero-order valence-electron chi connectivity index (χ0n) is 8.13. The lowest BCUT2D eigenvalue weighted by Gasteiger charge is -2.14. The van der Waals surface area contributed by atoms with Crippen LogP contribution in [0.15, 0.2) is 22.9 Å². The minimum Gasteiger partial charge on any atom is -0.313 e. The summed E-state index contributed by atoms with van der Waals surface area (Å²) >= 11 is 3.40. The number of aromatic nitrogens is 1. The van der Waals surface area contributed by atoms with E-state index in [1.165, 1.54) is 0 Å². The second-order valence-electron chi connectivity index (χ2n) is 3.02. The Balaban J connectivity index is 2.74. The molecule has 1 heterocycles. The van der Waals surface area contributed by atoms with Gasteiger partial charge in [-0.15, -0.1) is 12.3 Å². The summed E-state index contributed by atoms with van der Waals surface area (Å²) in [6, 6.07) is 2.35. The van der Waals surface area contributed by atoms with E-state index in [2.05, 4.69) is 38.2 Å². The molecule has 0 aliphatic rings. The predicted octanol–water partition coefficient (Wildman–Crippen LogP) is 2.52. The summed E-state index contributed by atoms with van der Waals surface area (Å²) in [6.45, 7) is 0. The molecule has 1 N–H and O–H groups in total. The summed E-state index contributed by atoms with van der Waals surface area (Å²) in [7, 11) is 1.93. The summed E-state index contributed by atoms with van der Waals surface area (Å²) < 4.78 is 0.996. The van der Waals surface area contributed by atoms with Gasteiger partial charge in [0.25, 0.3) is 0 Å². The maximum absolute atomic E-state index is 5.24. The quantitative estimate of drug-likeness (QED) is 0.834. The van der Waals surface area contributed by atoms with Gasteiger partial charge in [-0.05, 0) is 41.0 Å². The van der Waals surface area contributed by atoms with Crippen LogP contribution in [0.25, 0.3) is 0 Å². The van der Waals surface area contributed by atoms with Crippen LogP contribution in [-0.2, 0) is 0 Å². The summed E-state index contributed by atoms with van der Waals surface area (Å²) in [5.74, 6) is 2.64. The lowest BCUT2D eigenvalue weighted by Crippen LogP contribution is -2.16. The summed E-state index contributed by atoms with van der Waals surface area (Å²) in [5, 5.41) is 3.22. The molecule has 1 unspecified atom stereocenters. The Kier molecular flexibility index (Phi) is 4.64. The smallest absolute Gasteiger partial charge is 0.0410 e. The molecule has 3 heteroatoms. The first-order valence-electron chi connectivity index (χ1n) is 4.49. The minimum atomic E-state index is 0.288. The summed E-state index contributed by atoms with van der Waals surface area (Å²) in [4.78, 5) is 4.12. The third-order valence-electron chi connectivity index (χ3n) is 2.05. The highest BCUT2D eigenvalue weighted by atomic mass is 79.9. The lowest BCUT2D eigenvalue weighted by atomic mass is 10.0. The Morgan fingerprint density at radius 3 is 3.00 bits per heavy atom. The fourth-order valence-electron chi connectivity index (χ4n) is 1.32. The first-order valence-corrected chi connectivity index (χ1v) is 5.28. The van der Waals surface area contributed by atoms with E-state index in [-0.39, 0.29) is 6.04 Å². The van der Waals surface area contributed by atoms with Gasteiger partial charge in [-0.25, -0.2) is 0 Å². The topological polar surface area (TPSA) is 24.9 Å². The molecule has 0 fully saturated rings. The van der Waals surface area contributed by atoms with Crippen molar-refractivity contribution in [3.63, 3.8) is 0 Å². The van der Waals surface area contributed by atoms with Gasteiger partial charge in [0, 0.05) is 29.3 Å². The van der Waals surface area contributed by atoms with Crippen molar-refractivity contribution in [1.29, 1.82) is 0 Å². The summed E-state index contributed by atoms with van der Waals surface area (Å²) in [5.41, 5.74) is 1.16. The molecule has 1 atom stereocenters. The van der Waals surface area contributed by atoms with Crippen LogP contribution in [0.2, 0.25) is 0 Å². The molecule has 0 aliphatic carbocycles. The molecule has 0 saturated carbocycles. The number of hydrogen-bond donors (Lipinski definition) is 1. The van der Waals surface area contributed by atoms with E-state index in [0.29, 0.717) is 0 Å². The van der Waals surface area contributed by atoms with Gasteiger partial charge in [-0.2, -0.15) is 0 Å². The third-order valence-corrected chi connectivity index (χ3v) is 2.49. The van der Waals surface area contributed by atoms with Crippen LogP contribution in [-0.4, -0.2) is 12.0 Å². The fraction of sp³-hybridized carbons (Fsp3) is 0.364. The van der Waals surface area contributed by atoms with Crippen LogP contribution in [0.3, 0.4) is 0 Å². The van der Waals surface area contributed by atoms with Gasteiger partial charge >= 0.3 is 0 Å². The second kappa shape index (κ2) is 5.79. The van der Waals surface area contributed by atoms with Gasteiger partial charge in [0.2, 0.25) is 0 Å². The van der Waals surface area contributed by atoms with Crippen LogP contribution in [0.4, 0.5) is 0 Å². The normalized spacial score (nSPS) is 12.1. The van der Waals surface area contributed by atoms with Crippen molar-refractivity contribution in [3.8, 4) is 12.3 Å². The van der Waals surface area contributed by atoms with Crippen LogP contribution in [0, 0.1) is 12.3 Å². The molecular weight excluding hydrogens is 240 g/mol. The van der Waals surface area contributed by atoms with Crippen molar-refractivity contribution in [2.45, 2.75) is 18.9 Å². The highest BCUT2D eigenvalue weighted by Gasteiger charge is 2.08. The Labute approximate surface area is 93.3 Å². The van der Waals surface area contributed by atoms with E-state index >= 15 is 0 Å². The van der Waals surface area contributed by atoms with Crippen molar-refractivity contribution in [2.75, 3.05) is 7.05 Å². The van der Waals surface area contributed by atoms with Gasteiger partial charge in [-0.1, -0.05) is 0 Å². The molecule has 0 radical (unpaired) electrons. The average molecular weight is 253 g/mol. The molecule has 74 valence electrons. The largest absolute Gasteiger partial charge is 0.313 e. The highest BCUT2D eigenvalue weighted by molar-refractivity contribution is 9.10. The van der Waals surface area contributed by atoms with Crippen LogP contribution in [0.5, 0.6) is 0 Å². The maximum Gasteiger partial charge on any atom is 0.0410 e. The molecule has 1 aromatic rings. The van der Waals surface area contributed by atoms with Crippen LogP contribution < -0.4 is 5.32 Å². The minimum absolute atomic E-state index is 0.288. The molecule has 1 aromatic heterocycles. The first-order chi connectivity index (χ1) is 6.77. The van der Waals surface area contributed by atoms with E-state index < -0.39 is 0 Å². The van der Waals surface area contributed by atoms with Crippen molar-refractivity contribution in [2.24, 2.45) is 0 Å². The van der Waals surface area contributed by atoms with Crippen molar-refractivity contribution >= 4 is 15.9 Å². The Bertz CT molecular complexity index is 330. The molecule has 14 heavy (non-hydrogen) atoms. The molecule has 0 aromatic carbocycles. The molecule has 0 spiro atoms. The zero-order chi connectivity index (χ0) is 10.4. The Hall–Kier alpha value is -0.850. The number of nitrogens with zero attached hydrogens (tertiary/aromatic N) is 1. The molecule has 0 saturated heterocycles. The number of rotatable bonds is 4. The van der Waals surface area contributed by atoms with Gasteiger partial charge in [0.1, 0.15) is 0 Å². The first kappa shape index (κ1) is 11.2. The number of terminal acetylenes is 1. The molecule has 2 nitrogen and oxygen atoms in total. The van der Waals surface area contributed by atoms with E-state index in [9.17, 15) is 0 Å². The van der Waals surface area contributed by atoms with E-state index in [0.717, 1.165) is 22.9 Å². The summed E-state index contributed by atoms with van der Waals surface area (Å²) in [6.07, 6.45) is 10.6. The number of hydrogen-bond acceptors (Lipinski definition) is 2. The van der Waals surface area contributed by atoms with Gasteiger partial charge < -0.3 is 5.32 Å².